The van der Waals surface area contributed by atoms with E-state index in [0.717, 1.165) is 5.56 Å². The zero-order valence-electron chi connectivity index (χ0n) is 13.5. The number of benzene rings is 2. The molecule has 0 bridgehead atoms. The minimum Gasteiger partial charge on any atom is -0.497 e. The fourth-order valence-corrected chi connectivity index (χ4v) is 3.93. The summed E-state index contributed by atoms with van der Waals surface area (Å²) in [4.78, 5) is 14.0. The van der Waals surface area contributed by atoms with Gasteiger partial charge >= 0.3 is 0 Å². The number of hydrogen-bond acceptors (Lipinski definition) is 4. The molecule has 1 unspecified atom stereocenters. The Labute approximate surface area is 144 Å². The summed E-state index contributed by atoms with van der Waals surface area (Å²) in [6, 6.07) is 12.0. The Hall–Kier alpha value is -2.21. The molecule has 6 heteroatoms. The van der Waals surface area contributed by atoms with Gasteiger partial charge in [0, 0.05) is 23.7 Å². The summed E-state index contributed by atoms with van der Waals surface area (Å²) in [7, 11) is 3.17. The number of nitrogens with zero attached hydrogens (tertiary/aromatic N) is 1. The van der Waals surface area contributed by atoms with Crippen LogP contribution in [0.5, 0.6) is 11.5 Å². The number of carbonyl (C=O) groups excluding carboxylic acids is 1. The third-order valence-electron chi connectivity index (χ3n) is 3.97. The molecule has 1 heterocycles. The van der Waals surface area contributed by atoms with Crippen molar-refractivity contribution in [2.45, 2.75) is 11.9 Å². The first-order chi connectivity index (χ1) is 11.6. The maximum absolute atomic E-state index is 14.0. The number of methoxy groups -OCH3 is 2. The molecule has 0 N–H and O–H groups in total. The maximum Gasteiger partial charge on any atom is 0.234 e. The molecule has 1 saturated heterocycles. The minimum absolute atomic E-state index is 0.00822. The Morgan fingerprint density at radius 1 is 1.21 bits per heavy atom. The Morgan fingerprint density at radius 3 is 2.71 bits per heavy atom. The van der Waals surface area contributed by atoms with Crippen LogP contribution < -0.4 is 9.47 Å². The molecule has 0 spiro atoms. The Kier molecular flexibility index (Phi) is 4.94. The van der Waals surface area contributed by atoms with Crippen LogP contribution in [0.2, 0.25) is 0 Å². The molecule has 1 amide bonds. The Balaban J connectivity index is 1.92. The van der Waals surface area contributed by atoms with E-state index in [1.807, 2.05) is 12.1 Å². The SMILES string of the molecule is COc1ccc(C2SCC(=O)N2Cc2ccccc2F)c(OC)c1. The van der Waals surface area contributed by atoms with E-state index < -0.39 is 0 Å². The monoisotopic (exact) mass is 347 g/mol. The summed E-state index contributed by atoms with van der Waals surface area (Å²) < 4.78 is 24.6. The van der Waals surface area contributed by atoms with E-state index in [2.05, 4.69) is 0 Å². The number of amides is 1. The lowest BCUT2D eigenvalue weighted by Gasteiger charge is -2.26. The van der Waals surface area contributed by atoms with Crippen LogP contribution in [0.1, 0.15) is 16.5 Å². The Morgan fingerprint density at radius 2 is 2.00 bits per heavy atom. The zero-order chi connectivity index (χ0) is 17.1. The molecule has 1 fully saturated rings. The van der Waals surface area contributed by atoms with Crippen molar-refractivity contribution in [3.8, 4) is 11.5 Å². The number of hydrogen-bond donors (Lipinski definition) is 0. The number of halogens is 1. The summed E-state index contributed by atoms with van der Waals surface area (Å²) in [6.07, 6.45) is 0. The van der Waals surface area contributed by atoms with Crippen molar-refractivity contribution in [3.05, 3.63) is 59.4 Å². The zero-order valence-corrected chi connectivity index (χ0v) is 14.3. The molecule has 3 rings (SSSR count). The molecule has 1 aliphatic heterocycles. The lowest BCUT2D eigenvalue weighted by molar-refractivity contribution is -0.128. The van der Waals surface area contributed by atoms with Crippen LogP contribution in [0, 0.1) is 5.82 Å². The molecule has 2 aromatic rings. The first-order valence-corrected chi connectivity index (χ1v) is 8.55. The molecular weight excluding hydrogens is 329 g/mol. The van der Waals surface area contributed by atoms with Crippen LogP contribution in [0.25, 0.3) is 0 Å². The first kappa shape index (κ1) is 16.6. The largest absolute Gasteiger partial charge is 0.497 e. The van der Waals surface area contributed by atoms with Gasteiger partial charge in [0.15, 0.2) is 0 Å². The summed E-state index contributed by atoms with van der Waals surface area (Å²) >= 11 is 1.51. The van der Waals surface area contributed by atoms with Crippen LogP contribution in [0.3, 0.4) is 0 Å². The molecule has 0 radical (unpaired) electrons. The van der Waals surface area contributed by atoms with Gasteiger partial charge in [0.2, 0.25) is 5.91 Å². The van der Waals surface area contributed by atoms with E-state index in [-0.39, 0.29) is 23.6 Å². The lowest BCUT2D eigenvalue weighted by atomic mass is 10.1. The molecule has 0 aromatic heterocycles. The van der Waals surface area contributed by atoms with Gasteiger partial charge in [-0.2, -0.15) is 0 Å². The third-order valence-corrected chi connectivity index (χ3v) is 5.21. The smallest absolute Gasteiger partial charge is 0.234 e. The Bertz CT molecular complexity index is 753. The molecule has 126 valence electrons. The van der Waals surface area contributed by atoms with Crippen LogP contribution in [-0.4, -0.2) is 30.8 Å². The van der Waals surface area contributed by atoms with Gasteiger partial charge in [-0.25, -0.2) is 4.39 Å². The second-order valence-electron chi connectivity index (χ2n) is 5.38. The average Bonchev–Trinajstić information content (AvgIpc) is 2.97. The maximum atomic E-state index is 14.0. The number of thioether (sulfide) groups is 1. The normalized spacial score (nSPS) is 17.2. The first-order valence-electron chi connectivity index (χ1n) is 7.50. The van der Waals surface area contributed by atoms with E-state index >= 15 is 0 Å². The van der Waals surface area contributed by atoms with E-state index in [1.165, 1.54) is 17.8 Å². The van der Waals surface area contributed by atoms with E-state index in [1.54, 1.807) is 43.4 Å². The van der Waals surface area contributed by atoms with Gasteiger partial charge < -0.3 is 14.4 Å². The molecule has 0 aliphatic carbocycles. The van der Waals surface area contributed by atoms with Crippen LogP contribution in [0.4, 0.5) is 4.39 Å². The van der Waals surface area contributed by atoms with Gasteiger partial charge in [-0.05, 0) is 18.2 Å². The minimum atomic E-state index is -0.303. The van der Waals surface area contributed by atoms with Gasteiger partial charge in [-0.3, -0.25) is 4.79 Å². The van der Waals surface area contributed by atoms with Gasteiger partial charge in [-0.15, -0.1) is 11.8 Å². The third kappa shape index (κ3) is 3.19. The van der Waals surface area contributed by atoms with Crippen molar-refractivity contribution in [2.24, 2.45) is 0 Å². The molecular formula is C18H18FNO3S. The predicted molar refractivity (Wildman–Crippen MR) is 91.7 cm³/mol. The van der Waals surface area contributed by atoms with Crippen molar-refractivity contribution in [2.75, 3.05) is 20.0 Å². The summed E-state index contributed by atoms with van der Waals surface area (Å²) in [5.74, 6) is 1.40. The van der Waals surface area contributed by atoms with Gasteiger partial charge in [0.1, 0.15) is 22.7 Å². The molecule has 1 aliphatic rings. The summed E-state index contributed by atoms with van der Waals surface area (Å²) in [6.45, 7) is 0.234. The van der Waals surface area contributed by atoms with E-state index in [4.69, 9.17) is 9.47 Å². The van der Waals surface area contributed by atoms with Crippen molar-refractivity contribution in [3.63, 3.8) is 0 Å². The van der Waals surface area contributed by atoms with Crippen molar-refractivity contribution in [1.82, 2.24) is 4.90 Å². The van der Waals surface area contributed by atoms with Crippen LogP contribution in [0.15, 0.2) is 42.5 Å². The molecule has 24 heavy (non-hydrogen) atoms. The highest BCUT2D eigenvalue weighted by Crippen LogP contribution is 2.44. The number of carbonyl (C=O) groups is 1. The highest BCUT2D eigenvalue weighted by atomic mass is 32.2. The highest BCUT2D eigenvalue weighted by Gasteiger charge is 2.35. The molecule has 2 aromatic carbocycles. The van der Waals surface area contributed by atoms with Gasteiger partial charge in [0.05, 0.1) is 20.0 Å². The molecule has 0 saturated carbocycles. The predicted octanol–water partition coefficient (Wildman–Crippen LogP) is 3.62. The average molecular weight is 347 g/mol. The second-order valence-corrected chi connectivity index (χ2v) is 6.45. The van der Waals surface area contributed by atoms with Crippen LogP contribution in [-0.2, 0) is 11.3 Å². The highest BCUT2D eigenvalue weighted by molar-refractivity contribution is 8.00. The van der Waals surface area contributed by atoms with Crippen LogP contribution >= 0.6 is 11.8 Å². The summed E-state index contributed by atoms with van der Waals surface area (Å²) in [5.41, 5.74) is 1.39. The van der Waals surface area contributed by atoms with Crippen molar-refractivity contribution in [1.29, 1.82) is 0 Å². The van der Waals surface area contributed by atoms with Crippen molar-refractivity contribution >= 4 is 17.7 Å². The van der Waals surface area contributed by atoms with Gasteiger partial charge in [-0.1, -0.05) is 18.2 Å². The number of ether oxygens (including phenoxy) is 2. The van der Waals surface area contributed by atoms with E-state index in [0.29, 0.717) is 22.8 Å². The molecule has 1 atom stereocenters. The summed E-state index contributed by atoms with van der Waals surface area (Å²) in [5, 5.41) is -0.210. The topological polar surface area (TPSA) is 38.8 Å². The lowest BCUT2D eigenvalue weighted by Crippen LogP contribution is -2.28. The van der Waals surface area contributed by atoms with Gasteiger partial charge in [0.25, 0.3) is 0 Å². The molecule has 4 nitrogen and oxygen atoms in total. The number of rotatable bonds is 5. The fourth-order valence-electron chi connectivity index (χ4n) is 2.72. The van der Waals surface area contributed by atoms with Crippen molar-refractivity contribution < 1.29 is 18.7 Å². The quantitative estimate of drug-likeness (QED) is 0.828. The standard InChI is InChI=1S/C18H18FNO3S/c1-22-13-7-8-14(16(9-13)23-2)18-20(17(21)11-24-18)10-12-5-3-4-6-15(12)19/h3-9,18H,10-11H2,1-2H3. The van der Waals surface area contributed by atoms with E-state index in [9.17, 15) is 9.18 Å². The second kappa shape index (κ2) is 7.13. The fraction of sp³-hybridized carbons (Fsp3) is 0.278.